The lowest BCUT2D eigenvalue weighted by Gasteiger charge is -2.57. The van der Waals surface area contributed by atoms with Crippen LogP contribution in [0, 0.1) is 28.6 Å². The molecular formula is C23H32O3. The molecule has 0 bridgehead atoms. The fraction of sp³-hybridized carbons (Fsp3) is 0.739. The molecule has 0 N–H and O–H groups in total. The van der Waals surface area contributed by atoms with E-state index in [9.17, 15) is 9.59 Å². The van der Waals surface area contributed by atoms with Gasteiger partial charge >= 0.3 is 5.97 Å². The molecule has 6 atom stereocenters. The molecule has 0 aromatic rings. The molecule has 142 valence electrons. The van der Waals surface area contributed by atoms with E-state index in [0.29, 0.717) is 17.8 Å². The number of carbonyl (C=O) groups excluding carboxylic acids is 2. The minimum Gasteiger partial charge on any atom is -0.462 e. The van der Waals surface area contributed by atoms with Crippen LogP contribution < -0.4 is 0 Å². The van der Waals surface area contributed by atoms with E-state index in [1.54, 1.807) is 6.92 Å². The Bertz CT molecular complexity index is 702. The first-order chi connectivity index (χ1) is 12.3. The molecule has 0 radical (unpaired) electrons. The first-order valence-electron chi connectivity index (χ1n) is 10.3. The van der Waals surface area contributed by atoms with Crippen LogP contribution in [-0.2, 0) is 14.3 Å². The smallest absolute Gasteiger partial charge is 0.302 e. The maximum absolute atomic E-state index is 12.2. The fourth-order valence-corrected chi connectivity index (χ4v) is 7.08. The number of hydrogen-bond donors (Lipinski definition) is 0. The summed E-state index contributed by atoms with van der Waals surface area (Å²) in [4.78, 5) is 23.5. The van der Waals surface area contributed by atoms with Crippen molar-refractivity contribution in [3.63, 3.8) is 0 Å². The number of Topliss-reactive ketones (excluding diaryl/α,β-unsaturated/α-hetero) is 1. The average Bonchev–Trinajstić information content (AvgIpc) is 2.92. The summed E-state index contributed by atoms with van der Waals surface area (Å²) >= 11 is 0. The van der Waals surface area contributed by atoms with Gasteiger partial charge in [0.1, 0.15) is 6.10 Å². The zero-order chi connectivity index (χ0) is 18.7. The van der Waals surface area contributed by atoms with E-state index in [1.165, 1.54) is 18.9 Å². The van der Waals surface area contributed by atoms with E-state index in [0.717, 1.165) is 44.1 Å². The quantitative estimate of drug-likeness (QED) is 0.516. The number of carbonyl (C=O) groups is 2. The van der Waals surface area contributed by atoms with E-state index in [4.69, 9.17) is 4.74 Å². The molecule has 0 amide bonds. The fourth-order valence-electron chi connectivity index (χ4n) is 7.08. The van der Waals surface area contributed by atoms with Crippen molar-refractivity contribution in [1.82, 2.24) is 0 Å². The Hall–Kier alpha value is -1.38. The Morgan fingerprint density at radius 1 is 1.00 bits per heavy atom. The van der Waals surface area contributed by atoms with E-state index in [-0.39, 0.29) is 28.7 Å². The van der Waals surface area contributed by atoms with Crippen LogP contribution in [0.2, 0.25) is 0 Å². The van der Waals surface area contributed by atoms with Gasteiger partial charge in [-0.15, -0.1) is 0 Å². The molecule has 4 aliphatic carbocycles. The summed E-state index contributed by atoms with van der Waals surface area (Å²) in [6.07, 6.45) is 12.3. The van der Waals surface area contributed by atoms with Crippen LogP contribution in [0.4, 0.5) is 0 Å². The van der Waals surface area contributed by atoms with Crippen molar-refractivity contribution in [2.75, 3.05) is 0 Å². The lowest BCUT2D eigenvalue weighted by Crippen LogP contribution is -2.50. The van der Waals surface area contributed by atoms with Crippen molar-refractivity contribution in [2.45, 2.75) is 78.7 Å². The van der Waals surface area contributed by atoms with Crippen LogP contribution in [0.15, 0.2) is 23.3 Å². The molecule has 0 aliphatic heterocycles. The SMILES string of the molecule is CC(=O)O[C@@H]1CC[C@@]2(C)C(=CC[C@@H]3[C@H]4CC=C(C(C)=O)[C@@]4(C)CC[C@@H]32)C1. The summed E-state index contributed by atoms with van der Waals surface area (Å²) < 4.78 is 5.52. The number of allylic oxidation sites excluding steroid dienone is 3. The highest BCUT2D eigenvalue weighted by Gasteiger charge is 2.57. The van der Waals surface area contributed by atoms with Gasteiger partial charge in [0.2, 0.25) is 0 Å². The summed E-state index contributed by atoms with van der Waals surface area (Å²) in [5.74, 6) is 2.11. The number of ether oxygens (including phenoxy) is 1. The van der Waals surface area contributed by atoms with Gasteiger partial charge in [0.05, 0.1) is 0 Å². The largest absolute Gasteiger partial charge is 0.462 e. The van der Waals surface area contributed by atoms with Gasteiger partial charge in [-0.25, -0.2) is 0 Å². The van der Waals surface area contributed by atoms with Crippen molar-refractivity contribution in [3.8, 4) is 0 Å². The third kappa shape index (κ3) is 2.53. The van der Waals surface area contributed by atoms with E-state index < -0.39 is 0 Å². The van der Waals surface area contributed by atoms with E-state index in [1.807, 2.05) is 0 Å². The number of rotatable bonds is 2. The van der Waals surface area contributed by atoms with Crippen LogP contribution in [0.5, 0.6) is 0 Å². The Labute approximate surface area is 157 Å². The Kier molecular flexibility index (Phi) is 4.20. The maximum atomic E-state index is 12.2. The highest BCUT2D eigenvalue weighted by molar-refractivity contribution is 5.95. The molecule has 2 saturated carbocycles. The van der Waals surface area contributed by atoms with Crippen LogP contribution >= 0.6 is 0 Å². The lowest BCUT2D eigenvalue weighted by atomic mass is 9.47. The minimum atomic E-state index is -0.157. The number of ketones is 1. The van der Waals surface area contributed by atoms with Crippen molar-refractivity contribution in [2.24, 2.45) is 28.6 Å². The van der Waals surface area contributed by atoms with Gasteiger partial charge in [-0.1, -0.05) is 31.6 Å². The normalized spacial score (nSPS) is 44.2. The lowest BCUT2D eigenvalue weighted by molar-refractivity contribution is -0.148. The first kappa shape index (κ1) is 18.0. The highest BCUT2D eigenvalue weighted by atomic mass is 16.5. The summed E-state index contributed by atoms with van der Waals surface area (Å²) in [7, 11) is 0. The predicted octanol–water partition coefficient (Wildman–Crippen LogP) is 5.01. The molecule has 4 aliphatic rings. The van der Waals surface area contributed by atoms with Gasteiger partial charge in [0.15, 0.2) is 5.78 Å². The predicted molar refractivity (Wildman–Crippen MR) is 101 cm³/mol. The zero-order valence-electron chi connectivity index (χ0n) is 16.6. The maximum Gasteiger partial charge on any atom is 0.302 e. The van der Waals surface area contributed by atoms with Crippen molar-refractivity contribution in [3.05, 3.63) is 23.3 Å². The molecule has 0 aromatic carbocycles. The zero-order valence-corrected chi connectivity index (χ0v) is 16.6. The van der Waals surface area contributed by atoms with Gasteiger partial charge in [0, 0.05) is 13.3 Å². The molecule has 0 unspecified atom stereocenters. The van der Waals surface area contributed by atoms with Crippen LogP contribution in [0.3, 0.4) is 0 Å². The summed E-state index contributed by atoms with van der Waals surface area (Å²) in [6.45, 7) is 8.05. The molecule has 3 nitrogen and oxygen atoms in total. The molecule has 0 saturated heterocycles. The monoisotopic (exact) mass is 356 g/mol. The third-order valence-electron chi connectivity index (χ3n) is 8.35. The van der Waals surface area contributed by atoms with Gasteiger partial charge in [-0.3, -0.25) is 9.59 Å². The first-order valence-corrected chi connectivity index (χ1v) is 10.3. The minimum absolute atomic E-state index is 0.0645. The average molecular weight is 357 g/mol. The number of fused-ring (bicyclic) bond motifs is 5. The highest BCUT2D eigenvalue weighted by Crippen LogP contribution is 2.65. The second-order valence-electron chi connectivity index (χ2n) is 9.60. The molecule has 0 spiro atoms. The van der Waals surface area contributed by atoms with Crippen LogP contribution in [0.25, 0.3) is 0 Å². The molecule has 26 heavy (non-hydrogen) atoms. The summed E-state index contributed by atoms with van der Waals surface area (Å²) in [5, 5.41) is 0. The number of hydrogen-bond acceptors (Lipinski definition) is 3. The summed E-state index contributed by atoms with van der Waals surface area (Å²) in [6, 6.07) is 0. The van der Waals surface area contributed by atoms with Crippen molar-refractivity contribution in [1.29, 1.82) is 0 Å². The molecule has 3 heteroatoms. The Morgan fingerprint density at radius 2 is 1.73 bits per heavy atom. The molecular weight excluding hydrogens is 324 g/mol. The van der Waals surface area contributed by atoms with Crippen molar-refractivity contribution < 1.29 is 14.3 Å². The van der Waals surface area contributed by atoms with Gasteiger partial charge in [-0.05, 0) is 79.6 Å². The number of esters is 1. The van der Waals surface area contributed by atoms with Crippen LogP contribution in [0.1, 0.15) is 72.6 Å². The van der Waals surface area contributed by atoms with Crippen LogP contribution in [-0.4, -0.2) is 17.9 Å². The van der Waals surface area contributed by atoms with Gasteiger partial charge in [-0.2, -0.15) is 0 Å². The second-order valence-corrected chi connectivity index (χ2v) is 9.60. The third-order valence-corrected chi connectivity index (χ3v) is 8.35. The van der Waals surface area contributed by atoms with Gasteiger partial charge in [0.25, 0.3) is 0 Å². The topological polar surface area (TPSA) is 43.4 Å². The Morgan fingerprint density at radius 3 is 2.42 bits per heavy atom. The van der Waals surface area contributed by atoms with E-state index >= 15 is 0 Å². The van der Waals surface area contributed by atoms with Gasteiger partial charge < -0.3 is 4.74 Å². The molecule has 4 rings (SSSR count). The Balaban J connectivity index is 1.59. The molecule has 0 aromatic heterocycles. The van der Waals surface area contributed by atoms with E-state index in [2.05, 4.69) is 26.0 Å². The molecule has 2 fully saturated rings. The molecule has 0 heterocycles. The van der Waals surface area contributed by atoms with Crippen molar-refractivity contribution >= 4 is 11.8 Å². The summed E-state index contributed by atoms with van der Waals surface area (Å²) in [5.41, 5.74) is 2.96. The standard InChI is InChI=1S/C23H32O3/c1-14(24)19-7-8-20-18-6-5-16-13-17(26-15(2)25)9-11-22(16,3)21(18)10-12-23(19,20)4/h5,7,17-18,20-21H,6,8-13H2,1-4H3/t17-,18-,20-,21+,22+,23-/m1/s1. The second kappa shape index (κ2) is 6.07.